The third kappa shape index (κ3) is 1.13. The molecule has 2 N–H and O–H groups in total. The summed E-state index contributed by atoms with van der Waals surface area (Å²) in [6.07, 6.45) is 3.55. The normalized spacial score (nSPS) is 18.0. The number of nitrogens with zero attached hydrogens (tertiary/aromatic N) is 2. The molecule has 1 heterocycles. The molecule has 0 saturated carbocycles. The summed E-state index contributed by atoms with van der Waals surface area (Å²) in [5.74, 6) is 1.19. The molecule has 1 aliphatic heterocycles. The van der Waals surface area contributed by atoms with Crippen LogP contribution in [0, 0.1) is 0 Å². The molecule has 0 aromatic carbocycles. The van der Waals surface area contributed by atoms with E-state index < -0.39 is 0 Å². The zero-order valence-corrected chi connectivity index (χ0v) is 5.33. The van der Waals surface area contributed by atoms with Crippen molar-refractivity contribution in [3.63, 3.8) is 0 Å². The largest absolute Gasteiger partial charge is 0.385 e. The molecule has 3 nitrogen and oxygen atoms in total. The molecule has 1 rings (SSSR count). The Labute approximate surface area is 55.0 Å². The van der Waals surface area contributed by atoms with Crippen LogP contribution in [0.1, 0.15) is 0 Å². The standard InChI is InChI=1S/C5H8BN3/c1-4-8-5(7)2-3-9(4)6/h2-3H,1,6H2,(H2,7,8). The Hall–Kier alpha value is -1.19. The van der Waals surface area contributed by atoms with Crippen LogP contribution < -0.4 is 5.73 Å². The van der Waals surface area contributed by atoms with Crippen LogP contribution in [0.25, 0.3) is 0 Å². The van der Waals surface area contributed by atoms with Crippen LogP contribution in [0.2, 0.25) is 0 Å². The van der Waals surface area contributed by atoms with E-state index in [0.29, 0.717) is 11.7 Å². The van der Waals surface area contributed by atoms with Crippen LogP contribution >= 0.6 is 0 Å². The molecular formula is C5H8BN3. The van der Waals surface area contributed by atoms with Crippen molar-refractivity contribution in [2.24, 2.45) is 10.7 Å². The monoisotopic (exact) mass is 121 g/mol. The van der Waals surface area contributed by atoms with Crippen LogP contribution in [0.4, 0.5) is 0 Å². The van der Waals surface area contributed by atoms with E-state index >= 15 is 0 Å². The fourth-order valence-corrected chi connectivity index (χ4v) is 0.539. The lowest BCUT2D eigenvalue weighted by atomic mass is 10.3. The van der Waals surface area contributed by atoms with Crippen LogP contribution in [0.15, 0.2) is 29.7 Å². The highest BCUT2D eigenvalue weighted by Gasteiger charge is 2.00. The van der Waals surface area contributed by atoms with Crippen molar-refractivity contribution >= 4 is 13.8 Å². The number of amidine groups is 1. The fourth-order valence-electron chi connectivity index (χ4n) is 0.539. The molecule has 46 valence electrons. The number of nitrogens with two attached hydrogens (primary N) is 1. The SMILES string of the molecule is BN1C=CC(N)=NC1=C. The first kappa shape index (κ1) is 5.94. The van der Waals surface area contributed by atoms with Crippen molar-refractivity contribution in [2.45, 2.75) is 0 Å². The van der Waals surface area contributed by atoms with Gasteiger partial charge in [-0.05, 0) is 12.3 Å². The van der Waals surface area contributed by atoms with Gasteiger partial charge in [0, 0.05) is 0 Å². The van der Waals surface area contributed by atoms with Gasteiger partial charge >= 0.3 is 0 Å². The van der Waals surface area contributed by atoms with Gasteiger partial charge in [0.2, 0.25) is 7.98 Å². The summed E-state index contributed by atoms with van der Waals surface area (Å²) in [5, 5.41) is 0. The second-order valence-electron chi connectivity index (χ2n) is 1.88. The van der Waals surface area contributed by atoms with E-state index in [1.54, 1.807) is 10.9 Å². The first-order chi connectivity index (χ1) is 4.20. The molecule has 0 spiro atoms. The van der Waals surface area contributed by atoms with Crippen molar-refractivity contribution in [3.05, 3.63) is 24.7 Å². The summed E-state index contributed by atoms with van der Waals surface area (Å²) in [6, 6.07) is 0. The summed E-state index contributed by atoms with van der Waals surface area (Å²) in [5.41, 5.74) is 5.36. The minimum Gasteiger partial charge on any atom is -0.385 e. The minimum absolute atomic E-state index is 0.512. The molecule has 4 heteroatoms. The van der Waals surface area contributed by atoms with Crippen molar-refractivity contribution in [1.82, 2.24) is 4.81 Å². The molecule has 0 aromatic rings. The van der Waals surface area contributed by atoms with Gasteiger partial charge in [-0.1, -0.05) is 6.58 Å². The second kappa shape index (κ2) is 1.97. The highest BCUT2D eigenvalue weighted by molar-refractivity contribution is 6.08. The fraction of sp³-hybridized carbons (Fsp3) is 0. The maximum atomic E-state index is 5.36. The maximum Gasteiger partial charge on any atom is 0.224 e. The minimum atomic E-state index is 0.512. The molecule has 0 saturated heterocycles. The highest BCUT2D eigenvalue weighted by Crippen LogP contribution is 2.03. The lowest BCUT2D eigenvalue weighted by Gasteiger charge is -2.16. The molecule has 0 unspecified atom stereocenters. The number of rotatable bonds is 0. The average Bonchev–Trinajstić information content (AvgIpc) is 1.80. The zero-order chi connectivity index (χ0) is 6.85. The molecule has 0 aliphatic carbocycles. The summed E-state index contributed by atoms with van der Waals surface area (Å²) in [7, 11) is 1.87. The topological polar surface area (TPSA) is 41.6 Å². The van der Waals surface area contributed by atoms with Crippen molar-refractivity contribution < 1.29 is 0 Å². The summed E-state index contributed by atoms with van der Waals surface area (Å²) >= 11 is 0. The highest BCUT2D eigenvalue weighted by atomic mass is 15.2. The predicted octanol–water partition coefficient (Wildman–Crippen LogP) is -0.808. The number of hydrogen-bond donors (Lipinski definition) is 1. The molecule has 0 aromatic heterocycles. The van der Waals surface area contributed by atoms with Gasteiger partial charge in [-0.2, -0.15) is 0 Å². The Morgan fingerprint density at radius 1 is 1.78 bits per heavy atom. The quantitative estimate of drug-likeness (QED) is 0.426. The van der Waals surface area contributed by atoms with E-state index in [1.807, 2.05) is 14.2 Å². The Morgan fingerprint density at radius 2 is 2.44 bits per heavy atom. The van der Waals surface area contributed by atoms with Crippen molar-refractivity contribution in [1.29, 1.82) is 0 Å². The average molecular weight is 121 g/mol. The third-order valence-corrected chi connectivity index (χ3v) is 1.13. The van der Waals surface area contributed by atoms with Gasteiger partial charge < -0.3 is 10.5 Å². The van der Waals surface area contributed by atoms with Gasteiger partial charge in [-0.15, -0.1) is 0 Å². The Balaban J connectivity index is 2.82. The maximum absolute atomic E-state index is 5.36. The Kier molecular flexibility index (Phi) is 1.30. The molecular weight excluding hydrogens is 113 g/mol. The molecule has 0 atom stereocenters. The third-order valence-electron chi connectivity index (χ3n) is 1.13. The molecule has 0 bridgehead atoms. The van der Waals surface area contributed by atoms with Gasteiger partial charge in [0.05, 0.1) is 0 Å². The first-order valence-corrected chi connectivity index (χ1v) is 2.64. The van der Waals surface area contributed by atoms with Crippen LogP contribution in [-0.4, -0.2) is 18.6 Å². The number of hydrogen-bond acceptors (Lipinski definition) is 3. The number of aliphatic imine (C=N–C) groups is 1. The summed E-state index contributed by atoms with van der Waals surface area (Å²) in [6.45, 7) is 3.65. The van der Waals surface area contributed by atoms with E-state index in [4.69, 9.17) is 5.73 Å². The lowest BCUT2D eigenvalue weighted by Crippen LogP contribution is -2.20. The molecule has 9 heavy (non-hydrogen) atoms. The summed E-state index contributed by atoms with van der Waals surface area (Å²) < 4.78 is 0. The predicted molar refractivity (Wildman–Crippen MR) is 40.3 cm³/mol. The van der Waals surface area contributed by atoms with Gasteiger partial charge in [-0.25, -0.2) is 4.99 Å². The van der Waals surface area contributed by atoms with Crippen LogP contribution in [0.3, 0.4) is 0 Å². The zero-order valence-electron chi connectivity index (χ0n) is 5.33. The van der Waals surface area contributed by atoms with Crippen molar-refractivity contribution in [3.8, 4) is 0 Å². The van der Waals surface area contributed by atoms with Crippen molar-refractivity contribution in [2.75, 3.05) is 0 Å². The lowest BCUT2D eigenvalue weighted by molar-refractivity contribution is 0.729. The Morgan fingerprint density at radius 3 is 2.89 bits per heavy atom. The summed E-state index contributed by atoms with van der Waals surface area (Å²) in [4.78, 5) is 5.70. The van der Waals surface area contributed by atoms with E-state index in [2.05, 4.69) is 11.6 Å². The van der Waals surface area contributed by atoms with Gasteiger partial charge in [0.1, 0.15) is 11.7 Å². The van der Waals surface area contributed by atoms with E-state index in [-0.39, 0.29) is 0 Å². The molecule has 1 aliphatic rings. The van der Waals surface area contributed by atoms with Crippen LogP contribution in [0.5, 0.6) is 0 Å². The van der Waals surface area contributed by atoms with Gasteiger partial charge in [0.15, 0.2) is 0 Å². The molecule has 0 radical (unpaired) electrons. The first-order valence-electron chi connectivity index (χ1n) is 2.64. The smallest absolute Gasteiger partial charge is 0.224 e. The van der Waals surface area contributed by atoms with Gasteiger partial charge in [-0.3, -0.25) is 0 Å². The van der Waals surface area contributed by atoms with E-state index in [9.17, 15) is 0 Å². The molecule has 0 amide bonds. The second-order valence-corrected chi connectivity index (χ2v) is 1.88. The molecule has 0 fully saturated rings. The Bertz CT molecular complexity index is 194. The van der Waals surface area contributed by atoms with E-state index in [1.165, 1.54) is 0 Å². The van der Waals surface area contributed by atoms with E-state index in [0.717, 1.165) is 0 Å². The van der Waals surface area contributed by atoms with Gasteiger partial charge in [0.25, 0.3) is 0 Å². The van der Waals surface area contributed by atoms with Crippen LogP contribution in [-0.2, 0) is 0 Å².